The van der Waals surface area contributed by atoms with Crippen LogP contribution in [0.25, 0.3) is 0 Å². The molecule has 0 amide bonds. The standard InChI is InChI=1S/C15H11F3O.C12H18FN3O.C2H4F3N.C2H2.CH4O/c16-11-3-1-10(2-4-11)13(7-8-19)14-9-12(17)5-6-15(14)18;1-14-12-8-16-7-11(13)10(12)3-2-9-6-15-4-5-17-9;3-2(4,5)1-6;2*1-2/h1-6,8-9,13H,7H2;7-9,14-15H,2-6H2,1H3;1,6H2;1-2H;2H,1H3/t13-;9-;;;/m01.../s1. The van der Waals surface area contributed by atoms with Crippen molar-refractivity contribution in [3.8, 4) is 12.8 Å². The molecule has 5 N–H and O–H groups in total. The number of aliphatic hydroxyl groups excluding tert-OH is 1. The number of rotatable bonds is 8. The minimum absolute atomic E-state index is 0.00596. The van der Waals surface area contributed by atoms with Gasteiger partial charge >= 0.3 is 6.18 Å². The molecular weight excluding hydrogens is 621 g/mol. The fourth-order valence-corrected chi connectivity index (χ4v) is 4.06. The predicted octanol–water partition coefficient (Wildman–Crippen LogP) is 5.37. The molecule has 1 saturated heterocycles. The molecule has 3 aromatic rings. The van der Waals surface area contributed by atoms with E-state index in [1.807, 2.05) is 0 Å². The first-order chi connectivity index (χ1) is 22.0. The number of halogens is 7. The Morgan fingerprint density at radius 3 is 2.20 bits per heavy atom. The van der Waals surface area contributed by atoms with Crippen molar-refractivity contribution < 1.29 is 45.4 Å². The Bertz CT molecular complexity index is 1290. The number of alkyl halides is 3. The number of pyridine rings is 1. The lowest BCUT2D eigenvalue weighted by atomic mass is 9.88. The van der Waals surface area contributed by atoms with Gasteiger partial charge in [-0.15, -0.1) is 12.8 Å². The number of carbonyl (C=O) groups is 1. The van der Waals surface area contributed by atoms with Crippen LogP contribution in [0.5, 0.6) is 0 Å². The van der Waals surface area contributed by atoms with Gasteiger partial charge in [0, 0.05) is 45.1 Å². The average molecular weight is 661 g/mol. The maximum Gasteiger partial charge on any atom is 0.400 e. The Kier molecular flexibility index (Phi) is 21.3. The van der Waals surface area contributed by atoms with Gasteiger partial charge in [-0.1, -0.05) is 12.1 Å². The molecule has 14 heteroatoms. The fraction of sp³-hybridized carbons (Fsp3) is 0.375. The highest BCUT2D eigenvalue weighted by Crippen LogP contribution is 2.30. The summed E-state index contributed by atoms with van der Waals surface area (Å²) in [6, 6.07) is 8.48. The van der Waals surface area contributed by atoms with E-state index in [0.717, 1.165) is 57.1 Å². The van der Waals surface area contributed by atoms with E-state index < -0.39 is 36.1 Å². The van der Waals surface area contributed by atoms with E-state index in [9.17, 15) is 35.5 Å². The van der Waals surface area contributed by atoms with Gasteiger partial charge in [-0.05, 0) is 54.3 Å². The Balaban J connectivity index is 0.000000689. The molecule has 2 heterocycles. The van der Waals surface area contributed by atoms with Gasteiger partial charge in [0.25, 0.3) is 0 Å². The quantitative estimate of drug-likeness (QED) is 0.146. The summed E-state index contributed by atoms with van der Waals surface area (Å²) in [6.45, 7) is 1.26. The van der Waals surface area contributed by atoms with Crippen LogP contribution >= 0.6 is 0 Å². The largest absolute Gasteiger partial charge is 0.400 e. The van der Waals surface area contributed by atoms with Gasteiger partial charge in [-0.3, -0.25) is 4.98 Å². The van der Waals surface area contributed by atoms with Gasteiger partial charge in [0.2, 0.25) is 0 Å². The monoisotopic (exact) mass is 660 g/mol. The molecule has 1 fully saturated rings. The SMILES string of the molecule is C#C.CNc1cncc(F)c1CC[C@@H]1CNCCO1.CO.NCC(F)(F)F.O=CC[C@@H](c1ccc(F)cc1)c1cc(F)ccc1F. The number of anilines is 1. The molecule has 0 saturated carbocycles. The summed E-state index contributed by atoms with van der Waals surface area (Å²) >= 11 is 0. The normalized spacial score (nSPS) is 14.2. The smallest absolute Gasteiger partial charge is 0.400 e. The fourth-order valence-electron chi connectivity index (χ4n) is 4.06. The molecule has 1 aliphatic heterocycles. The second-order valence-corrected chi connectivity index (χ2v) is 9.12. The lowest BCUT2D eigenvalue weighted by molar-refractivity contribution is -0.118. The molecule has 0 bridgehead atoms. The molecule has 0 unspecified atom stereocenters. The van der Waals surface area contributed by atoms with Gasteiger partial charge in [-0.2, -0.15) is 13.2 Å². The summed E-state index contributed by atoms with van der Waals surface area (Å²) < 4.78 is 91.0. The number of ether oxygens (including phenoxy) is 1. The Labute approximate surface area is 264 Å². The van der Waals surface area contributed by atoms with Crippen LogP contribution in [0.15, 0.2) is 54.9 Å². The molecule has 4 rings (SSSR count). The number of hydrogen-bond donors (Lipinski definition) is 4. The summed E-state index contributed by atoms with van der Waals surface area (Å²) in [5, 5.41) is 13.2. The first-order valence-electron chi connectivity index (χ1n) is 13.8. The van der Waals surface area contributed by atoms with Crippen LogP contribution in [0.1, 0.15) is 35.4 Å². The maximum absolute atomic E-state index is 13.8. The number of carbonyl (C=O) groups excluding carboxylic acids is 1. The van der Waals surface area contributed by atoms with Crippen molar-refractivity contribution in [2.45, 2.75) is 37.5 Å². The third-order valence-corrected chi connectivity index (χ3v) is 6.16. The Morgan fingerprint density at radius 1 is 1.07 bits per heavy atom. The summed E-state index contributed by atoms with van der Waals surface area (Å²) in [4.78, 5) is 14.6. The van der Waals surface area contributed by atoms with Crippen LogP contribution in [0, 0.1) is 36.1 Å². The lowest BCUT2D eigenvalue weighted by Gasteiger charge is -2.23. The van der Waals surface area contributed by atoms with Crippen LogP contribution in [0.3, 0.4) is 0 Å². The molecule has 2 atom stereocenters. The molecule has 7 nitrogen and oxygen atoms in total. The van der Waals surface area contributed by atoms with Gasteiger partial charge in [-0.25, -0.2) is 17.6 Å². The number of nitrogens with two attached hydrogens (primary N) is 1. The van der Waals surface area contributed by atoms with Crippen LogP contribution < -0.4 is 16.4 Å². The van der Waals surface area contributed by atoms with Gasteiger partial charge in [0.15, 0.2) is 0 Å². The van der Waals surface area contributed by atoms with E-state index in [2.05, 4.69) is 34.2 Å². The van der Waals surface area contributed by atoms with Crippen molar-refractivity contribution in [2.24, 2.45) is 5.73 Å². The molecule has 0 radical (unpaired) electrons. The van der Waals surface area contributed by atoms with Crippen molar-refractivity contribution in [2.75, 3.05) is 45.7 Å². The van der Waals surface area contributed by atoms with Crippen LogP contribution in [0.4, 0.5) is 36.4 Å². The summed E-state index contributed by atoms with van der Waals surface area (Å²) in [5.41, 5.74) is 6.29. The summed E-state index contributed by atoms with van der Waals surface area (Å²) in [6.07, 6.45) is 9.04. The van der Waals surface area contributed by atoms with E-state index in [-0.39, 0.29) is 23.9 Å². The molecule has 0 spiro atoms. The van der Waals surface area contributed by atoms with E-state index in [1.54, 1.807) is 13.2 Å². The van der Waals surface area contributed by atoms with Crippen molar-refractivity contribution in [3.05, 3.63) is 94.8 Å². The average Bonchev–Trinajstić information content (AvgIpc) is 3.07. The van der Waals surface area contributed by atoms with E-state index in [0.29, 0.717) is 23.8 Å². The molecule has 1 aromatic heterocycles. The number of nitrogens with zero attached hydrogens (tertiary/aromatic N) is 1. The second kappa shape index (κ2) is 23.3. The van der Waals surface area contributed by atoms with Crippen molar-refractivity contribution >= 4 is 12.0 Å². The molecule has 46 heavy (non-hydrogen) atoms. The number of aliphatic hydroxyl groups is 1. The Hall–Kier alpha value is -4.03. The number of nitrogens with one attached hydrogen (secondary N) is 2. The van der Waals surface area contributed by atoms with Gasteiger partial charge in [0.05, 0.1) is 37.3 Å². The van der Waals surface area contributed by atoms with Crippen molar-refractivity contribution in [1.82, 2.24) is 10.3 Å². The van der Waals surface area contributed by atoms with Crippen LogP contribution in [-0.2, 0) is 16.0 Å². The third-order valence-electron chi connectivity index (χ3n) is 6.16. The first kappa shape index (κ1) is 42.0. The van der Waals surface area contributed by atoms with Crippen molar-refractivity contribution in [3.63, 3.8) is 0 Å². The molecule has 0 aliphatic carbocycles. The third kappa shape index (κ3) is 15.8. The highest BCUT2D eigenvalue weighted by molar-refractivity contribution is 5.54. The van der Waals surface area contributed by atoms with E-state index >= 15 is 0 Å². The predicted molar refractivity (Wildman–Crippen MR) is 163 cm³/mol. The Morgan fingerprint density at radius 2 is 1.67 bits per heavy atom. The minimum atomic E-state index is -4.18. The molecule has 1 aliphatic rings. The zero-order valence-electron chi connectivity index (χ0n) is 25.5. The molecule has 254 valence electrons. The number of benzene rings is 2. The number of terminal acetylenes is 1. The molecular formula is C32H39F7N4O3. The highest BCUT2D eigenvalue weighted by Gasteiger charge is 2.23. The van der Waals surface area contributed by atoms with Crippen LogP contribution in [0.2, 0.25) is 0 Å². The summed E-state index contributed by atoms with van der Waals surface area (Å²) in [5.74, 6) is -2.45. The number of aromatic nitrogens is 1. The van der Waals surface area contributed by atoms with E-state index in [4.69, 9.17) is 9.84 Å². The van der Waals surface area contributed by atoms with Crippen molar-refractivity contribution in [1.29, 1.82) is 0 Å². The zero-order valence-corrected chi connectivity index (χ0v) is 25.5. The second-order valence-electron chi connectivity index (χ2n) is 9.12. The first-order valence-corrected chi connectivity index (χ1v) is 13.8. The van der Waals surface area contributed by atoms with Gasteiger partial charge in [0.1, 0.15) is 29.6 Å². The number of morpholine rings is 1. The van der Waals surface area contributed by atoms with E-state index in [1.165, 1.54) is 30.5 Å². The number of hydrogen-bond acceptors (Lipinski definition) is 7. The topological polar surface area (TPSA) is 110 Å². The summed E-state index contributed by atoms with van der Waals surface area (Å²) in [7, 11) is 2.78. The lowest BCUT2D eigenvalue weighted by Crippen LogP contribution is -2.38. The van der Waals surface area contributed by atoms with Crippen LogP contribution in [-0.4, -0.2) is 69.1 Å². The number of aldehydes is 1. The minimum Gasteiger partial charge on any atom is -0.400 e. The zero-order chi connectivity index (χ0) is 35.1. The van der Waals surface area contributed by atoms with Gasteiger partial charge < -0.3 is 31.0 Å². The molecule has 2 aromatic carbocycles. The maximum atomic E-state index is 13.8. The highest BCUT2D eigenvalue weighted by atomic mass is 19.4.